The highest BCUT2D eigenvalue weighted by molar-refractivity contribution is 6.01. The molecule has 2 aromatic carbocycles. The van der Waals surface area contributed by atoms with Crippen LogP contribution in [-0.2, 0) is 49.3 Å². The molecule has 0 aromatic heterocycles. The largest absolute Gasteiger partial charge is 0.508 e. The lowest BCUT2D eigenvalue weighted by Gasteiger charge is -2.50. The standard InChI is InChI=1S/C27H38N2O9.C21H28O3/c1-6-7-8-10-19-24(38-21(31)13-15(2)3)17(5)37-27(35)22(16(4)36-26(19)34)29-25(33)18-11-9-12-20(23(18)32)28-14-30;1-3-20(23)24-19-9-8-18-17-6-4-13-12-14(22)5-7-15(13)16(17)10-11-21(18,19)2/h9,11-12,14-17,19,22,24,32H,6-8,10,13H2,1-5H3,(H,28,30)(H,29,33);5,7,12,16-19,22H,3-4,6,8-11H2,1-2H3. The first kappa shape index (κ1) is 47.9. The van der Waals surface area contributed by atoms with Gasteiger partial charge >= 0.3 is 23.9 Å². The number of para-hydroxylation sites is 1. The number of cyclic esters (lactones) is 2. The molecular weight excluding hydrogens is 797 g/mol. The first-order valence-electron chi connectivity index (χ1n) is 22.5. The van der Waals surface area contributed by atoms with Crippen LogP contribution < -0.4 is 10.6 Å². The van der Waals surface area contributed by atoms with Gasteiger partial charge in [-0.3, -0.25) is 24.0 Å². The minimum absolute atomic E-state index is 0.00114. The van der Waals surface area contributed by atoms with Crippen molar-refractivity contribution in [3.63, 3.8) is 0 Å². The Labute approximate surface area is 365 Å². The van der Waals surface area contributed by atoms with E-state index in [4.69, 9.17) is 18.9 Å². The van der Waals surface area contributed by atoms with Crippen LogP contribution >= 0.6 is 0 Å². The number of ether oxygens (including phenoxy) is 4. The molecule has 2 saturated carbocycles. The van der Waals surface area contributed by atoms with Gasteiger partial charge in [0.2, 0.25) is 6.41 Å². The molecule has 6 rings (SSSR count). The molecule has 0 radical (unpaired) electrons. The fourth-order valence-electron chi connectivity index (χ4n) is 10.2. The average Bonchev–Trinajstić information content (AvgIpc) is 3.56. The van der Waals surface area contributed by atoms with Crippen molar-refractivity contribution in [2.24, 2.45) is 29.1 Å². The molecule has 340 valence electrons. The van der Waals surface area contributed by atoms with Gasteiger partial charge in [-0.05, 0) is 118 Å². The predicted molar refractivity (Wildman–Crippen MR) is 230 cm³/mol. The van der Waals surface area contributed by atoms with E-state index in [0.717, 1.165) is 32.1 Å². The number of carbonyl (C=O) groups excluding carboxylic acids is 6. The van der Waals surface area contributed by atoms with Crippen LogP contribution in [0.15, 0.2) is 36.4 Å². The highest BCUT2D eigenvalue weighted by Crippen LogP contribution is 2.61. The number of aromatic hydroxyl groups is 2. The number of anilines is 1. The molecule has 3 aliphatic carbocycles. The number of carbonyl (C=O) groups is 6. The predicted octanol–water partition coefficient (Wildman–Crippen LogP) is 7.66. The van der Waals surface area contributed by atoms with Gasteiger partial charge in [0.1, 0.15) is 24.1 Å². The summed E-state index contributed by atoms with van der Waals surface area (Å²) in [6.45, 7) is 12.9. The molecule has 1 aliphatic heterocycles. The van der Waals surface area contributed by atoms with E-state index >= 15 is 0 Å². The molecule has 4 aliphatic rings. The quantitative estimate of drug-likeness (QED) is 0.0504. The summed E-state index contributed by atoms with van der Waals surface area (Å²) in [5, 5.41) is 24.9. The zero-order valence-electron chi connectivity index (χ0n) is 37.3. The molecule has 3 fully saturated rings. The van der Waals surface area contributed by atoms with Crippen molar-refractivity contribution >= 4 is 41.9 Å². The maximum absolute atomic E-state index is 13.3. The number of rotatable bonds is 13. The summed E-state index contributed by atoms with van der Waals surface area (Å²) < 4.78 is 22.7. The van der Waals surface area contributed by atoms with Crippen LogP contribution in [0.5, 0.6) is 11.5 Å². The Morgan fingerprint density at radius 1 is 0.935 bits per heavy atom. The van der Waals surface area contributed by atoms with Crippen LogP contribution in [0.25, 0.3) is 0 Å². The number of phenolic OH excluding ortho intramolecular Hbond substituents is 2. The third kappa shape index (κ3) is 11.1. The summed E-state index contributed by atoms with van der Waals surface area (Å²) >= 11 is 0. The Hall–Kier alpha value is -5.14. The third-order valence-corrected chi connectivity index (χ3v) is 13.4. The van der Waals surface area contributed by atoms with Crippen LogP contribution in [0.2, 0.25) is 0 Å². The van der Waals surface area contributed by atoms with Gasteiger partial charge in [0.15, 0.2) is 17.9 Å². The van der Waals surface area contributed by atoms with Crippen LogP contribution in [0.4, 0.5) is 5.69 Å². The number of fused-ring (bicyclic) bond motifs is 5. The summed E-state index contributed by atoms with van der Waals surface area (Å²) in [7, 11) is 0. The van der Waals surface area contributed by atoms with E-state index in [1.54, 1.807) is 0 Å². The number of phenols is 2. The monoisotopic (exact) mass is 862 g/mol. The number of amides is 2. The molecule has 14 heteroatoms. The van der Waals surface area contributed by atoms with E-state index in [2.05, 4.69) is 23.6 Å². The minimum atomic E-state index is -1.42. The fraction of sp³-hybridized carbons (Fsp3) is 0.625. The summed E-state index contributed by atoms with van der Waals surface area (Å²) in [6.07, 6.45) is 7.44. The van der Waals surface area contributed by atoms with Crippen molar-refractivity contribution in [1.29, 1.82) is 0 Å². The second-order valence-electron chi connectivity index (χ2n) is 18.1. The van der Waals surface area contributed by atoms with Crippen molar-refractivity contribution in [2.75, 3.05) is 5.32 Å². The zero-order valence-corrected chi connectivity index (χ0v) is 37.3. The van der Waals surface area contributed by atoms with E-state index in [1.165, 1.54) is 62.4 Å². The van der Waals surface area contributed by atoms with Crippen molar-refractivity contribution in [3.05, 3.63) is 53.1 Å². The normalized spacial score (nSPS) is 29.0. The van der Waals surface area contributed by atoms with E-state index in [-0.39, 0.29) is 41.1 Å². The van der Waals surface area contributed by atoms with E-state index in [0.29, 0.717) is 49.2 Å². The highest BCUT2D eigenvalue weighted by atomic mass is 16.6. The Morgan fingerprint density at radius 2 is 1.68 bits per heavy atom. The second kappa shape index (κ2) is 21.3. The zero-order chi connectivity index (χ0) is 45.3. The number of nitrogens with one attached hydrogen (secondary N) is 2. The Balaban J connectivity index is 0.000000257. The van der Waals surface area contributed by atoms with Gasteiger partial charge in [-0.15, -0.1) is 0 Å². The van der Waals surface area contributed by atoms with Crippen LogP contribution in [0.3, 0.4) is 0 Å². The summed E-state index contributed by atoms with van der Waals surface area (Å²) in [5.74, 6) is -1.95. The lowest BCUT2D eigenvalue weighted by molar-refractivity contribution is -0.175. The molecule has 4 N–H and O–H groups in total. The average molecular weight is 863 g/mol. The van der Waals surface area contributed by atoms with Gasteiger partial charge in [0.25, 0.3) is 5.91 Å². The molecule has 0 spiro atoms. The highest BCUT2D eigenvalue weighted by Gasteiger charge is 2.56. The second-order valence-corrected chi connectivity index (χ2v) is 18.1. The molecule has 1 saturated heterocycles. The Kier molecular flexibility index (Phi) is 16.4. The molecular formula is C48H66N2O12. The molecule has 10 atom stereocenters. The van der Waals surface area contributed by atoms with Crippen molar-refractivity contribution in [3.8, 4) is 11.5 Å². The Morgan fingerprint density at radius 3 is 2.37 bits per heavy atom. The van der Waals surface area contributed by atoms with Gasteiger partial charge in [-0.25, -0.2) is 4.79 Å². The van der Waals surface area contributed by atoms with Gasteiger partial charge in [0.05, 0.1) is 17.2 Å². The lowest BCUT2D eigenvalue weighted by atomic mass is 9.55. The minimum Gasteiger partial charge on any atom is -0.508 e. The number of unbranched alkanes of at least 4 members (excludes halogenated alkanes) is 2. The van der Waals surface area contributed by atoms with Crippen LogP contribution in [-0.4, -0.2) is 76.9 Å². The molecule has 1 heterocycles. The number of hydrogen-bond acceptors (Lipinski definition) is 12. The Bertz CT molecular complexity index is 1930. The van der Waals surface area contributed by atoms with Gasteiger partial charge < -0.3 is 39.8 Å². The fourth-order valence-corrected chi connectivity index (χ4v) is 10.2. The van der Waals surface area contributed by atoms with Gasteiger partial charge in [-0.1, -0.05) is 66.0 Å². The first-order valence-corrected chi connectivity index (χ1v) is 22.5. The number of benzene rings is 2. The number of aryl methyl sites for hydroxylation is 1. The summed E-state index contributed by atoms with van der Waals surface area (Å²) in [5.41, 5.74) is 2.74. The maximum atomic E-state index is 13.3. The molecule has 2 aromatic rings. The van der Waals surface area contributed by atoms with Crippen molar-refractivity contribution in [2.45, 2.75) is 162 Å². The lowest BCUT2D eigenvalue weighted by Crippen LogP contribution is -2.50. The van der Waals surface area contributed by atoms with Crippen molar-refractivity contribution < 1.29 is 57.9 Å². The smallest absolute Gasteiger partial charge is 0.332 e. The van der Waals surface area contributed by atoms with E-state index in [9.17, 15) is 39.0 Å². The molecule has 2 amide bonds. The van der Waals surface area contributed by atoms with Crippen LogP contribution in [0.1, 0.15) is 146 Å². The number of hydrogen-bond donors (Lipinski definition) is 4. The first-order chi connectivity index (χ1) is 29.5. The summed E-state index contributed by atoms with van der Waals surface area (Å²) in [4.78, 5) is 74.5. The molecule has 0 bridgehead atoms. The van der Waals surface area contributed by atoms with Crippen LogP contribution in [0, 0.1) is 29.1 Å². The van der Waals surface area contributed by atoms with E-state index in [1.807, 2.05) is 39.8 Å². The molecule has 10 unspecified atom stereocenters. The van der Waals surface area contributed by atoms with Crippen molar-refractivity contribution in [1.82, 2.24) is 5.32 Å². The maximum Gasteiger partial charge on any atom is 0.332 e. The SMILES string of the molecule is CCC(=O)OC1CCC2C3CCc4cc(O)ccc4C3CCC12C.CCCCCC1C(=O)OC(C)C(NC(=O)c2cccc(NC=O)c2O)C(=O)OC(C)C1OC(=O)CC(C)C. The van der Waals surface area contributed by atoms with Gasteiger partial charge in [0, 0.05) is 18.3 Å². The summed E-state index contributed by atoms with van der Waals surface area (Å²) in [6, 6.07) is 8.65. The molecule has 14 nitrogen and oxygen atoms in total. The third-order valence-electron chi connectivity index (χ3n) is 13.4. The van der Waals surface area contributed by atoms with E-state index < -0.39 is 59.8 Å². The topological polar surface area (TPSA) is 204 Å². The molecule has 62 heavy (non-hydrogen) atoms. The number of esters is 4. The van der Waals surface area contributed by atoms with Gasteiger partial charge in [-0.2, -0.15) is 0 Å².